The molecule has 0 radical (unpaired) electrons. The van der Waals surface area contributed by atoms with Gasteiger partial charge in [0.05, 0.1) is 25.4 Å². The number of benzene rings is 1. The standard InChI is InChI=1S/C24H36BNO6/c27-23(28)8-4-3-7-17-31-24-21(26-15-5-1-2-6-16-26)13-14-22(24)32-18-19-9-11-20(12-10-19)25(29)30/h3,7,9-12,21-22,24,29-30H,1-2,4-6,8,13-18H2,(H,27,28)/b7-3-/t21-,22+,24+/m0/s1. The first kappa shape index (κ1) is 24.9. The van der Waals surface area contributed by atoms with E-state index in [9.17, 15) is 14.8 Å². The van der Waals surface area contributed by atoms with Gasteiger partial charge >= 0.3 is 13.1 Å². The molecule has 1 aliphatic heterocycles. The van der Waals surface area contributed by atoms with Crippen molar-refractivity contribution in [2.45, 2.75) is 76.2 Å². The topological polar surface area (TPSA) is 99.5 Å². The van der Waals surface area contributed by atoms with E-state index >= 15 is 0 Å². The number of aliphatic carboxylic acids is 1. The predicted molar refractivity (Wildman–Crippen MR) is 124 cm³/mol. The van der Waals surface area contributed by atoms with Crippen molar-refractivity contribution in [2.24, 2.45) is 0 Å². The quantitative estimate of drug-likeness (QED) is 0.354. The van der Waals surface area contributed by atoms with Crippen LogP contribution in [-0.2, 0) is 20.9 Å². The van der Waals surface area contributed by atoms with E-state index in [4.69, 9.17) is 14.6 Å². The summed E-state index contributed by atoms with van der Waals surface area (Å²) < 4.78 is 12.6. The number of carboxylic acid groups (broad SMARTS) is 1. The van der Waals surface area contributed by atoms with E-state index in [0.717, 1.165) is 31.5 Å². The molecular weight excluding hydrogens is 409 g/mol. The Hall–Kier alpha value is -1.71. The number of hydrogen-bond acceptors (Lipinski definition) is 6. The fourth-order valence-electron chi connectivity index (χ4n) is 4.67. The molecule has 3 N–H and O–H groups in total. The Kier molecular flexibility index (Phi) is 10.2. The monoisotopic (exact) mass is 445 g/mol. The van der Waals surface area contributed by atoms with Crippen LogP contribution in [-0.4, -0.2) is 71.1 Å². The fourth-order valence-corrected chi connectivity index (χ4v) is 4.67. The summed E-state index contributed by atoms with van der Waals surface area (Å²) in [5, 5.41) is 27.3. The molecule has 1 aliphatic carbocycles. The summed E-state index contributed by atoms with van der Waals surface area (Å²) in [5.41, 5.74) is 1.45. The second kappa shape index (κ2) is 13.1. The van der Waals surface area contributed by atoms with Crippen molar-refractivity contribution in [1.82, 2.24) is 4.90 Å². The summed E-state index contributed by atoms with van der Waals surface area (Å²) in [7, 11) is -1.46. The third kappa shape index (κ3) is 7.71. The highest BCUT2D eigenvalue weighted by atomic mass is 16.5. The molecule has 2 fully saturated rings. The number of hydrogen-bond donors (Lipinski definition) is 3. The van der Waals surface area contributed by atoms with Crippen molar-refractivity contribution < 1.29 is 29.4 Å². The lowest BCUT2D eigenvalue weighted by Gasteiger charge is -2.33. The van der Waals surface area contributed by atoms with Crippen LogP contribution >= 0.6 is 0 Å². The number of ether oxygens (including phenoxy) is 2. The molecule has 0 spiro atoms. The Morgan fingerprint density at radius 2 is 1.75 bits per heavy atom. The number of allylic oxidation sites excluding steroid dienone is 1. The third-order valence-electron chi connectivity index (χ3n) is 6.42. The Morgan fingerprint density at radius 3 is 2.41 bits per heavy atom. The van der Waals surface area contributed by atoms with Gasteiger partial charge in [-0.3, -0.25) is 9.69 Å². The molecule has 176 valence electrons. The van der Waals surface area contributed by atoms with Gasteiger partial charge in [0.15, 0.2) is 0 Å². The molecule has 7 nitrogen and oxygen atoms in total. The summed E-state index contributed by atoms with van der Waals surface area (Å²) in [4.78, 5) is 13.2. The second-order valence-electron chi connectivity index (χ2n) is 8.76. The van der Waals surface area contributed by atoms with Gasteiger partial charge in [0, 0.05) is 12.5 Å². The van der Waals surface area contributed by atoms with Crippen LogP contribution in [0.15, 0.2) is 36.4 Å². The summed E-state index contributed by atoms with van der Waals surface area (Å²) in [6, 6.07) is 7.47. The molecule has 1 saturated carbocycles. The van der Waals surface area contributed by atoms with Gasteiger partial charge in [0.2, 0.25) is 0 Å². The van der Waals surface area contributed by atoms with Gasteiger partial charge in [-0.1, -0.05) is 49.3 Å². The second-order valence-corrected chi connectivity index (χ2v) is 8.76. The molecule has 3 rings (SSSR count). The minimum Gasteiger partial charge on any atom is -0.481 e. The van der Waals surface area contributed by atoms with Crippen molar-refractivity contribution in [2.75, 3.05) is 19.7 Å². The summed E-state index contributed by atoms with van der Waals surface area (Å²) in [5.74, 6) is -0.789. The molecular formula is C24H36BNO6. The Bertz CT molecular complexity index is 718. The van der Waals surface area contributed by atoms with Crippen LogP contribution in [0.4, 0.5) is 0 Å². The zero-order valence-corrected chi connectivity index (χ0v) is 18.8. The zero-order valence-electron chi connectivity index (χ0n) is 18.8. The van der Waals surface area contributed by atoms with Crippen LogP contribution in [0.25, 0.3) is 0 Å². The van der Waals surface area contributed by atoms with E-state index in [1.165, 1.54) is 25.7 Å². The van der Waals surface area contributed by atoms with Crippen molar-refractivity contribution in [3.8, 4) is 0 Å². The number of rotatable bonds is 11. The van der Waals surface area contributed by atoms with Gasteiger partial charge < -0.3 is 24.6 Å². The molecule has 1 saturated heterocycles. The maximum atomic E-state index is 10.7. The first-order valence-electron chi connectivity index (χ1n) is 11.8. The molecule has 1 heterocycles. The number of likely N-dealkylation sites (tertiary alicyclic amines) is 1. The van der Waals surface area contributed by atoms with Crippen LogP contribution in [0, 0.1) is 0 Å². The van der Waals surface area contributed by atoms with Crippen molar-refractivity contribution in [3.63, 3.8) is 0 Å². The molecule has 8 heteroatoms. The van der Waals surface area contributed by atoms with Crippen LogP contribution in [0.1, 0.15) is 56.9 Å². The largest absolute Gasteiger partial charge is 0.488 e. The van der Waals surface area contributed by atoms with Crippen molar-refractivity contribution in [1.29, 1.82) is 0 Å². The molecule has 0 amide bonds. The summed E-state index contributed by atoms with van der Waals surface area (Å²) in [6.45, 7) is 3.12. The van der Waals surface area contributed by atoms with Crippen LogP contribution in [0.2, 0.25) is 0 Å². The van der Waals surface area contributed by atoms with Crippen LogP contribution < -0.4 is 5.46 Å². The van der Waals surface area contributed by atoms with Crippen LogP contribution in [0.5, 0.6) is 0 Å². The van der Waals surface area contributed by atoms with E-state index in [0.29, 0.717) is 31.1 Å². The lowest BCUT2D eigenvalue weighted by Crippen LogP contribution is -2.45. The zero-order chi connectivity index (χ0) is 22.8. The van der Waals surface area contributed by atoms with Gasteiger partial charge in [-0.2, -0.15) is 0 Å². The number of carboxylic acids is 1. The Balaban J connectivity index is 1.58. The number of nitrogens with zero attached hydrogens (tertiary/aromatic N) is 1. The maximum Gasteiger partial charge on any atom is 0.488 e. The lowest BCUT2D eigenvalue weighted by atomic mass is 9.80. The van der Waals surface area contributed by atoms with E-state index in [2.05, 4.69) is 4.90 Å². The fraction of sp³-hybridized carbons (Fsp3) is 0.625. The van der Waals surface area contributed by atoms with E-state index in [1.54, 1.807) is 12.1 Å². The minimum atomic E-state index is -1.46. The molecule has 0 bridgehead atoms. The molecule has 32 heavy (non-hydrogen) atoms. The SMILES string of the molecule is O=C(O)CC/C=C\CO[C@H]1[C@H](OCc2ccc(B(O)O)cc2)CC[C@@H]1N1CCCCCC1. The van der Waals surface area contributed by atoms with E-state index in [1.807, 2.05) is 24.3 Å². The lowest BCUT2D eigenvalue weighted by molar-refractivity contribution is -0.136. The predicted octanol–water partition coefficient (Wildman–Crippen LogP) is 2.10. The van der Waals surface area contributed by atoms with E-state index < -0.39 is 13.1 Å². The average molecular weight is 445 g/mol. The molecule has 1 aromatic rings. The average Bonchev–Trinajstić information content (AvgIpc) is 2.98. The highest BCUT2D eigenvalue weighted by molar-refractivity contribution is 6.58. The Morgan fingerprint density at radius 1 is 1.03 bits per heavy atom. The minimum absolute atomic E-state index is 0.00113. The van der Waals surface area contributed by atoms with Gasteiger partial charge in [-0.05, 0) is 56.2 Å². The Labute approximate surface area is 191 Å². The summed E-state index contributed by atoms with van der Waals surface area (Å²) in [6.07, 6.45) is 11.4. The van der Waals surface area contributed by atoms with Crippen molar-refractivity contribution >= 4 is 18.6 Å². The van der Waals surface area contributed by atoms with Crippen molar-refractivity contribution in [3.05, 3.63) is 42.0 Å². The molecule has 2 aliphatic rings. The molecule has 0 unspecified atom stereocenters. The van der Waals surface area contributed by atoms with Crippen LogP contribution in [0.3, 0.4) is 0 Å². The number of carbonyl (C=O) groups is 1. The van der Waals surface area contributed by atoms with Gasteiger partial charge in [-0.15, -0.1) is 0 Å². The first-order chi connectivity index (χ1) is 15.5. The van der Waals surface area contributed by atoms with E-state index in [-0.39, 0.29) is 18.6 Å². The van der Waals surface area contributed by atoms with Gasteiger partial charge in [0.25, 0.3) is 0 Å². The third-order valence-corrected chi connectivity index (χ3v) is 6.42. The molecule has 0 aromatic heterocycles. The highest BCUT2D eigenvalue weighted by Gasteiger charge is 2.40. The summed E-state index contributed by atoms with van der Waals surface area (Å²) >= 11 is 0. The molecule has 1 aromatic carbocycles. The van der Waals surface area contributed by atoms with Gasteiger partial charge in [-0.25, -0.2) is 0 Å². The normalized spacial score (nSPS) is 24.6. The smallest absolute Gasteiger partial charge is 0.481 e. The maximum absolute atomic E-state index is 10.7. The first-order valence-corrected chi connectivity index (χ1v) is 11.8. The molecule has 3 atom stereocenters. The highest BCUT2D eigenvalue weighted by Crippen LogP contribution is 2.31. The van der Waals surface area contributed by atoms with Gasteiger partial charge in [0.1, 0.15) is 0 Å².